The molecule has 26 heavy (non-hydrogen) atoms. The van der Waals surface area contributed by atoms with Gasteiger partial charge < -0.3 is 19.7 Å². The molecular weight excluding hydrogens is 334 g/mol. The van der Waals surface area contributed by atoms with Gasteiger partial charge in [0.15, 0.2) is 0 Å². The third-order valence-electron chi connectivity index (χ3n) is 3.91. The summed E-state index contributed by atoms with van der Waals surface area (Å²) in [5.74, 6) is 0.451. The number of aromatic nitrogens is 1. The first-order valence-electron chi connectivity index (χ1n) is 8.33. The van der Waals surface area contributed by atoms with Crippen molar-refractivity contribution in [3.8, 4) is 11.5 Å². The van der Waals surface area contributed by atoms with E-state index >= 15 is 0 Å². The molecule has 0 atom stereocenters. The van der Waals surface area contributed by atoms with Crippen LogP contribution >= 0.6 is 0 Å². The molecule has 1 N–H and O–H groups in total. The second kappa shape index (κ2) is 8.84. The summed E-state index contributed by atoms with van der Waals surface area (Å²) in [5.41, 5.74) is 0.879. The van der Waals surface area contributed by atoms with Gasteiger partial charge in [0.1, 0.15) is 22.9 Å². The van der Waals surface area contributed by atoms with E-state index in [-0.39, 0.29) is 17.3 Å². The molecule has 0 radical (unpaired) electrons. The molecule has 2 aromatic rings. The molecule has 0 aliphatic heterocycles. The van der Waals surface area contributed by atoms with E-state index in [1.165, 1.54) is 7.11 Å². The molecule has 2 rings (SSSR count). The normalized spacial score (nSPS) is 10.2. The van der Waals surface area contributed by atoms with Gasteiger partial charge in [-0.25, -0.2) is 4.98 Å². The fraction of sp³-hybridized carbons (Fsp3) is 0.316. The molecular formula is C19H23N3O4. The lowest BCUT2D eigenvalue weighted by Gasteiger charge is -2.18. The summed E-state index contributed by atoms with van der Waals surface area (Å²) >= 11 is 0. The van der Waals surface area contributed by atoms with Crippen LogP contribution in [0.3, 0.4) is 0 Å². The summed E-state index contributed by atoms with van der Waals surface area (Å²) in [4.78, 5) is 30.8. The van der Waals surface area contributed by atoms with E-state index in [9.17, 15) is 9.59 Å². The number of rotatable bonds is 7. The van der Waals surface area contributed by atoms with Crippen molar-refractivity contribution in [3.05, 3.63) is 47.8 Å². The number of nitrogens with zero attached hydrogens (tertiary/aromatic N) is 2. The van der Waals surface area contributed by atoms with Crippen LogP contribution in [0.1, 0.15) is 34.8 Å². The minimum atomic E-state index is -0.428. The first-order chi connectivity index (χ1) is 12.5. The van der Waals surface area contributed by atoms with Gasteiger partial charge in [0.25, 0.3) is 11.8 Å². The molecule has 0 spiro atoms. The molecule has 7 heteroatoms. The van der Waals surface area contributed by atoms with E-state index in [0.717, 1.165) is 0 Å². The van der Waals surface area contributed by atoms with Crippen molar-refractivity contribution < 1.29 is 19.1 Å². The van der Waals surface area contributed by atoms with E-state index in [4.69, 9.17) is 9.47 Å². The molecule has 138 valence electrons. The van der Waals surface area contributed by atoms with Crippen LogP contribution in [0, 0.1) is 0 Å². The summed E-state index contributed by atoms with van der Waals surface area (Å²) < 4.78 is 10.4. The monoisotopic (exact) mass is 357 g/mol. The van der Waals surface area contributed by atoms with Crippen molar-refractivity contribution in [2.45, 2.75) is 13.8 Å². The number of hydrogen-bond acceptors (Lipinski definition) is 5. The zero-order valence-corrected chi connectivity index (χ0v) is 15.4. The lowest BCUT2D eigenvalue weighted by atomic mass is 10.2. The van der Waals surface area contributed by atoms with Crippen LogP contribution in [0.25, 0.3) is 0 Å². The third kappa shape index (κ3) is 4.30. The third-order valence-corrected chi connectivity index (χ3v) is 3.91. The van der Waals surface area contributed by atoms with Crippen molar-refractivity contribution in [3.63, 3.8) is 0 Å². The fourth-order valence-corrected chi connectivity index (χ4v) is 2.44. The van der Waals surface area contributed by atoms with Gasteiger partial charge in [0.05, 0.1) is 19.9 Å². The molecule has 1 aromatic carbocycles. The van der Waals surface area contributed by atoms with E-state index in [1.807, 2.05) is 13.8 Å². The smallest absolute Gasteiger partial charge is 0.274 e. The highest BCUT2D eigenvalue weighted by atomic mass is 16.5. The van der Waals surface area contributed by atoms with Crippen LogP contribution in [0.2, 0.25) is 0 Å². The molecule has 0 saturated carbocycles. The van der Waals surface area contributed by atoms with Crippen LogP contribution in [0.4, 0.5) is 5.69 Å². The van der Waals surface area contributed by atoms with Gasteiger partial charge in [-0.15, -0.1) is 0 Å². The van der Waals surface area contributed by atoms with E-state index in [2.05, 4.69) is 10.3 Å². The molecule has 0 fully saturated rings. The van der Waals surface area contributed by atoms with Crippen molar-refractivity contribution in [2.24, 2.45) is 0 Å². The Morgan fingerprint density at radius 2 is 1.73 bits per heavy atom. The highest BCUT2D eigenvalue weighted by Gasteiger charge is 2.17. The van der Waals surface area contributed by atoms with E-state index in [1.54, 1.807) is 48.4 Å². The molecule has 0 bridgehead atoms. The Bertz CT molecular complexity index is 788. The summed E-state index contributed by atoms with van der Waals surface area (Å²) in [6.45, 7) is 4.95. The largest absolute Gasteiger partial charge is 0.497 e. The first-order valence-corrected chi connectivity index (χ1v) is 8.33. The van der Waals surface area contributed by atoms with Gasteiger partial charge in [0.2, 0.25) is 0 Å². The van der Waals surface area contributed by atoms with Crippen LogP contribution < -0.4 is 14.8 Å². The summed E-state index contributed by atoms with van der Waals surface area (Å²) in [7, 11) is 3.06. The number of methoxy groups -OCH3 is 2. The number of carbonyl (C=O) groups excluding carboxylic acids is 2. The van der Waals surface area contributed by atoms with Gasteiger partial charge >= 0.3 is 0 Å². The number of carbonyl (C=O) groups is 2. The number of hydrogen-bond donors (Lipinski definition) is 1. The summed E-state index contributed by atoms with van der Waals surface area (Å²) in [6.07, 6.45) is 0. The molecule has 1 heterocycles. The highest BCUT2D eigenvalue weighted by Crippen LogP contribution is 2.29. The van der Waals surface area contributed by atoms with Gasteiger partial charge in [-0.05, 0) is 38.1 Å². The number of benzene rings is 1. The Balaban J connectivity index is 2.23. The Morgan fingerprint density at radius 1 is 1.04 bits per heavy atom. The standard InChI is InChI=1S/C19H23N3O4/c1-5-22(6-2)19(24)16-9-7-8-15(20-16)18(23)21-14-11-10-13(25-3)12-17(14)26-4/h7-12H,5-6H2,1-4H3,(H,21,23). The average molecular weight is 357 g/mol. The molecule has 2 amide bonds. The van der Waals surface area contributed by atoms with Gasteiger partial charge in [-0.1, -0.05) is 6.07 Å². The number of pyridine rings is 1. The molecule has 0 aliphatic rings. The Hall–Kier alpha value is -3.09. The maximum absolute atomic E-state index is 12.5. The molecule has 0 saturated heterocycles. The highest BCUT2D eigenvalue weighted by molar-refractivity contribution is 6.04. The zero-order chi connectivity index (χ0) is 19.1. The number of amides is 2. The number of anilines is 1. The van der Waals surface area contributed by atoms with Crippen LogP contribution in [-0.2, 0) is 0 Å². The lowest BCUT2D eigenvalue weighted by Crippen LogP contribution is -2.31. The van der Waals surface area contributed by atoms with Crippen molar-refractivity contribution in [2.75, 3.05) is 32.6 Å². The SMILES string of the molecule is CCN(CC)C(=O)c1cccc(C(=O)Nc2ccc(OC)cc2OC)n1. The maximum atomic E-state index is 12.5. The summed E-state index contributed by atoms with van der Waals surface area (Å²) in [6, 6.07) is 9.87. The van der Waals surface area contributed by atoms with Crippen LogP contribution in [-0.4, -0.2) is 49.0 Å². The van der Waals surface area contributed by atoms with Gasteiger partial charge in [-0.2, -0.15) is 0 Å². The van der Waals surface area contributed by atoms with Gasteiger partial charge in [0, 0.05) is 19.2 Å². The Morgan fingerprint density at radius 3 is 2.35 bits per heavy atom. The number of ether oxygens (including phenoxy) is 2. The quantitative estimate of drug-likeness (QED) is 0.824. The van der Waals surface area contributed by atoms with Crippen LogP contribution in [0.5, 0.6) is 11.5 Å². The van der Waals surface area contributed by atoms with Crippen molar-refractivity contribution >= 4 is 17.5 Å². The fourth-order valence-electron chi connectivity index (χ4n) is 2.44. The predicted molar refractivity (Wildman–Crippen MR) is 99.0 cm³/mol. The first kappa shape index (κ1) is 19.2. The minimum absolute atomic E-state index is 0.154. The lowest BCUT2D eigenvalue weighted by molar-refractivity contribution is 0.0767. The molecule has 0 aliphatic carbocycles. The molecule has 1 aromatic heterocycles. The van der Waals surface area contributed by atoms with Crippen molar-refractivity contribution in [1.82, 2.24) is 9.88 Å². The minimum Gasteiger partial charge on any atom is -0.497 e. The van der Waals surface area contributed by atoms with E-state index < -0.39 is 5.91 Å². The topological polar surface area (TPSA) is 80.8 Å². The second-order valence-corrected chi connectivity index (χ2v) is 5.41. The average Bonchev–Trinajstić information content (AvgIpc) is 2.69. The predicted octanol–water partition coefficient (Wildman–Crippen LogP) is 2.83. The molecule has 7 nitrogen and oxygen atoms in total. The van der Waals surface area contributed by atoms with E-state index in [0.29, 0.717) is 30.3 Å². The van der Waals surface area contributed by atoms with Crippen LogP contribution in [0.15, 0.2) is 36.4 Å². The van der Waals surface area contributed by atoms with Gasteiger partial charge in [-0.3, -0.25) is 9.59 Å². The zero-order valence-electron chi connectivity index (χ0n) is 15.4. The Labute approximate surface area is 152 Å². The molecule has 0 unspecified atom stereocenters. The van der Waals surface area contributed by atoms with Crippen molar-refractivity contribution in [1.29, 1.82) is 0 Å². The summed E-state index contributed by atoms with van der Waals surface area (Å²) in [5, 5.41) is 2.75. The number of nitrogens with one attached hydrogen (secondary N) is 1. The Kier molecular flexibility index (Phi) is 6.54. The maximum Gasteiger partial charge on any atom is 0.274 e. The second-order valence-electron chi connectivity index (χ2n) is 5.41.